The van der Waals surface area contributed by atoms with Crippen molar-refractivity contribution in [1.29, 1.82) is 0 Å². The summed E-state index contributed by atoms with van der Waals surface area (Å²) in [5, 5.41) is 24.8. The Morgan fingerprint density at radius 3 is 2.82 bits per heavy atom. The number of aromatic nitrogens is 3. The quantitative estimate of drug-likeness (QED) is 0.586. The second kappa shape index (κ2) is 4.92. The van der Waals surface area contributed by atoms with Crippen LogP contribution in [0.1, 0.15) is 16.1 Å². The summed E-state index contributed by atoms with van der Waals surface area (Å²) in [6.07, 6.45) is 1.48. The van der Waals surface area contributed by atoms with Crippen LogP contribution in [0.3, 0.4) is 0 Å². The highest BCUT2D eigenvalue weighted by atomic mass is 16.6. The topological polar surface area (TPSA) is 111 Å². The lowest BCUT2D eigenvalue weighted by atomic mass is 10.2. The van der Waals surface area contributed by atoms with Gasteiger partial charge in [0.25, 0.3) is 5.69 Å². The minimum Gasteiger partial charge on any atom is -0.476 e. The fourth-order valence-electron chi connectivity index (χ4n) is 2.24. The number of aromatic carboxylic acids is 1. The molecule has 0 aliphatic rings. The van der Waals surface area contributed by atoms with Crippen LogP contribution in [0.15, 0.2) is 36.5 Å². The molecule has 2 aromatic heterocycles. The molecule has 0 saturated carbocycles. The van der Waals surface area contributed by atoms with Crippen molar-refractivity contribution in [1.82, 2.24) is 14.8 Å². The van der Waals surface area contributed by atoms with Gasteiger partial charge >= 0.3 is 5.97 Å². The van der Waals surface area contributed by atoms with Gasteiger partial charge in [-0.05, 0) is 30.7 Å². The molecular formula is C14H10N4O4. The molecular weight excluding hydrogens is 288 g/mol. The predicted octanol–water partition coefficient (Wildman–Crippen LogP) is 2.34. The number of carbonyl (C=O) groups is 1. The van der Waals surface area contributed by atoms with Gasteiger partial charge in [0.05, 0.1) is 10.3 Å². The Morgan fingerprint density at radius 2 is 2.14 bits per heavy atom. The lowest BCUT2D eigenvalue weighted by Crippen LogP contribution is -2.04. The number of carboxylic acid groups (broad SMARTS) is 1. The molecule has 0 atom stereocenters. The molecule has 1 aromatic carbocycles. The number of nitro groups is 1. The first-order chi connectivity index (χ1) is 10.5. The van der Waals surface area contributed by atoms with Crippen LogP contribution in [0.25, 0.3) is 16.7 Å². The summed E-state index contributed by atoms with van der Waals surface area (Å²) in [5.74, 6) is -1.22. The number of fused-ring (bicyclic) bond motifs is 1. The van der Waals surface area contributed by atoms with Gasteiger partial charge in [0.2, 0.25) is 0 Å². The summed E-state index contributed by atoms with van der Waals surface area (Å²) < 4.78 is 1.19. The fraction of sp³-hybridized carbons (Fsp3) is 0.0714. The second-order valence-corrected chi connectivity index (χ2v) is 4.69. The van der Waals surface area contributed by atoms with E-state index in [0.29, 0.717) is 5.39 Å². The molecule has 0 amide bonds. The number of nitro benzene ring substituents is 1. The van der Waals surface area contributed by atoms with Crippen LogP contribution in [-0.4, -0.2) is 30.8 Å². The maximum Gasteiger partial charge on any atom is 0.357 e. The van der Waals surface area contributed by atoms with Gasteiger partial charge in [0, 0.05) is 12.3 Å². The van der Waals surface area contributed by atoms with E-state index >= 15 is 0 Å². The van der Waals surface area contributed by atoms with Gasteiger partial charge in [-0.25, -0.2) is 14.5 Å². The summed E-state index contributed by atoms with van der Waals surface area (Å²) in [6.45, 7) is 1.74. The highest BCUT2D eigenvalue weighted by molar-refractivity contribution is 6.00. The van der Waals surface area contributed by atoms with Crippen molar-refractivity contribution in [3.05, 3.63) is 57.9 Å². The third-order valence-corrected chi connectivity index (χ3v) is 3.20. The van der Waals surface area contributed by atoms with Crippen molar-refractivity contribution in [2.45, 2.75) is 6.92 Å². The minimum atomic E-state index is -1.22. The molecule has 0 unspecified atom stereocenters. The summed E-state index contributed by atoms with van der Waals surface area (Å²) in [4.78, 5) is 26.1. The van der Waals surface area contributed by atoms with E-state index in [-0.39, 0.29) is 22.7 Å². The molecule has 0 saturated heterocycles. The van der Waals surface area contributed by atoms with E-state index in [9.17, 15) is 20.0 Å². The normalized spacial score (nSPS) is 10.8. The minimum absolute atomic E-state index is 0.160. The third-order valence-electron chi connectivity index (χ3n) is 3.20. The molecule has 0 aliphatic heterocycles. The fourth-order valence-corrected chi connectivity index (χ4v) is 2.24. The molecule has 22 heavy (non-hydrogen) atoms. The molecule has 0 bridgehead atoms. The molecule has 110 valence electrons. The Bertz CT molecular complexity index is 916. The van der Waals surface area contributed by atoms with Crippen molar-refractivity contribution >= 4 is 22.7 Å². The summed E-state index contributed by atoms with van der Waals surface area (Å²) in [7, 11) is 0. The van der Waals surface area contributed by atoms with Gasteiger partial charge in [0.15, 0.2) is 11.3 Å². The van der Waals surface area contributed by atoms with Gasteiger partial charge in [-0.1, -0.05) is 6.07 Å². The van der Waals surface area contributed by atoms with E-state index < -0.39 is 10.9 Å². The Balaban J connectivity index is 2.37. The number of carboxylic acids is 1. The predicted molar refractivity (Wildman–Crippen MR) is 77.2 cm³/mol. The average Bonchev–Trinajstić information content (AvgIpc) is 2.87. The average molecular weight is 298 g/mol. The van der Waals surface area contributed by atoms with Gasteiger partial charge in [-0.15, -0.1) is 0 Å². The molecule has 0 spiro atoms. The largest absolute Gasteiger partial charge is 0.476 e. The van der Waals surface area contributed by atoms with Crippen LogP contribution in [0.4, 0.5) is 5.69 Å². The number of hydrogen-bond acceptors (Lipinski definition) is 5. The van der Waals surface area contributed by atoms with Crippen LogP contribution < -0.4 is 0 Å². The number of nitrogens with zero attached hydrogens (tertiary/aromatic N) is 4. The van der Waals surface area contributed by atoms with Crippen LogP contribution in [0.5, 0.6) is 0 Å². The van der Waals surface area contributed by atoms with Crippen molar-refractivity contribution in [2.75, 3.05) is 0 Å². The second-order valence-electron chi connectivity index (χ2n) is 4.69. The van der Waals surface area contributed by atoms with Crippen molar-refractivity contribution in [2.24, 2.45) is 0 Å². The van der Waals surface area contributed by atoms with Crippen molar-refractivity contribution in [3.63, 3.8) is 0 Å². The maximum absolute atomic E-state index is 11.3. The van der Waals surface area contributed by atoms with Crippen LogP contribution in [0.2, 0.25) is 0 Å². The SMILES string of the molecule is Cc1ccc(-n2nc(C(=O)O)c3cccnc32)c([N+](=O)[O-])c1. The zero-order valence-electron chi connectivity index (χ0n) is 11.4. The van der Waals surface area contributed by atoms with Gasteiger partial charge in [0.1, 0.15) is 5.69 Å². The molecule has 8 nitrogen and oxygen atoms in total. The van der Waals surface area contributed by atoms with Gasteiger partial charge in [-0.3, -0.25) is 10.1 Å². The Hall–Kier alpha value is -3.29. The van der Waals surface area contributed by atoms with E-state index in [1.165, 1.54) is 23.0 Å². The monoisotopic (exact) mass is 298 g/mol. The Kier molecular flexibility index (Phi) is 3.06. The molecule has 0 fully saturated rings. The molecule has 0 aliphatic carbocycles. The standard InChI is InChI=1S/C14H10N4O4/c1-8-4-5-10(11(7-8)18(21)22)17-13-9(3-2-6-15-13)12(16-17)14(19)20/h2-7H,1H3,(H,19,20). The van der Waals surface area contributed by atoms with Gasteiger partial charge in [-0.2, -0.15) is 5.10 Å². The number of rotatable bonds is 3. The highest BCUT2D eigenvalue weighted by Crippen LogP contribution is 2.27. The summed E-state index contributed by atoms with van der Waals surface area (Å²) in [5.41, 5.74) is 0.793. The van der Waals surface area contributed by atoms with Crippen LogP contribution in [0, 0.1) is 17.0 Å². The van der Waals surface area contributed by atoms with E-state index in [2.05, 4.69) is 10.1 Å². The third kappa shape index (κ3) is 2.06. The molecule has 8 heteroatoms. The number of benzene rings is 1. The lowest BCUT2D eigenvalue weighted by Gasteiger charge is -2.04. The first kappa shape index (κ1) is 13.7. The van der Waals surface area contributed by atoms with E-state index in [4.69, 9.17) is 0 Å². The Morgan fingerprint density at radius 1 is 1.36 bits per heavy atom. The van der Waals surface area contributed by atoms with E-state index in [1.807, 2.05) is 0 Å². The number of aryl methyl sites for hydroxylation is 1. The van der Waals surface area contributed by atoms with Crippen LogP contribution >= 0.6 is 0 Å². The molecule has 3 rings (SSSR count). The first-order valence-electron chi connectivity index (χ1n) is 6.31. The molecule has 1 N–H and O–H groups in total. The lowest BCUT2D eigenvalue weighted by molar-refractivity contribution is -0.384. The van der Waals surface area contributed by atoms with Crippen molar-refractivity contribution in [3.8, 4) is 5.69 Å². The van der Waals surface area contributed by atoms with E-state index in [0.717, 1.165) is 5.56 Å². The van der Waals surface area contributed by atoms with E-state index in [1.54, 1.807) is 25.1 Å². The first-order valence-corrected chi connectivity index (χ1v) is 6.31. The molecule has 2 heterocycles. The molecule has 0 radical (unpaired) electrons. The van der Waals surface area contributed by atoms with Gasteiger partial charge < -0.3 is 5.11 Å². The highest BCUT2D eigenvalue weighted by Gasteiger charge is 2.23. The Labute approximate surface area is 123 Å². The molecule has 3 aromatic rings. The number of pyridine rings is 1. The van der Waals surface area contributed by atoms with Crippen molar-refractivity contribution < 1.29 is 14.8 Å². The smallest absolute Gasteiger partial charge is 0.357 e. The maximum atomic E-state index is 11.3. The zero-order chi connectivity index (χ0) is 15.9. The zero-order valence-corrected chi connectivity index (χ0v) is 11.4. The summed E-state index contributed by atoms with van der Waals surface area (Å²) >= 11 is 0. The summed E-state index contributed by atoms with van der Waals surface area (Å²) in [6, 6.07) is 7.78. The van der Waals surface area contributed by atoms with Crippen LogP contribution in [-0.2, 0) is 0 Å². The number of hydrogen-bond donors (Lipinski definition) is 1.